The topological polar surface area (TPSA) is 125 Å². The fourth-order valence-electron chi connectivity index (χ4n) is 3.36. The Hall–Kier alpha value is -4.26. The second-order valence-electron chi connectivity index (χ2n) is 7.55. The zero-order chi connectivity index (χ0) is 25.7. The predicted molar refractivity (Wildman–Crippen MR) is 122 cm³/mol. The number of halogens is 4. The Bertz CT molecular complexity index is 1370. The van der Waals surface area contributed by atoms with Crippen LogP contribution < -0.4 is 15.4 Å². The van der Waals surface area contributed by atoms with Gasteiger partial charge in [0.2, 0.25) is 5.91 Å². The van der Waals surface area contributed by atoms with E-state index in [9.17, 15) is 18.8 Å². The number of para-hydroxylation sites is 1. The summed E-state index contributed by atoms with van der Waals surface area (Å²) in [5, 5.41) is 27.4. The summed E-state index contributed by atoms with van der Waals surface area (Å²) >= 11 is 6.03. The van der Waals surface area contributed by atoms with E-state index in [1.165, 1.54) is 23.1 Å². The number of hydrogen-bond donors (Lipinski definition) is 2. The maximum atomic E-state index is 15.0. The van der Waals surface area contributed by atoms with E-state index < -0.39 is 42.1 Å². The molecule has 0 atom stereocenters. The van der Waals surface area contributed by atoms with Gasteiger partial charge >= 0.3 is 5.92 Å². The van der Waals surface area contributed by atoms with Gasteiger partial charge in [0.1, 0.15) is 6.33 Å². The first-order valence-corrected chi connectivity index (χ1v) is 10.9. The van der Waals surface area contributed by atoms with E-state index in [1.54, 1.807) is 24.3 Å². The number of amides is 1. The summed E-state index contributed by atoms with van der Waals surface area (Å²) in [7, 11) is 0. The largest absolute Gasteiger partial charge is 0.618 e. The van der Waals surface area contributed by atoms with E-state index in [0.717, 1.165) is 18.5 Å². The number of benzene rings is 1. The van der Waals surface area contributed by atoms with Gasteiger partial charge in [-0.2, -0.15) is 13.5 Å². The minimum absolute atomic E-state index is 0.0284. The van der Waals surface area contributed by atoms with Crippen molar-refractivity contribution in [3.63, 3.8) is 0 Å². The summed E-state index contributed by atoms with van der Waals surface area (Å²) in [5.74, 6) is -5.77. The highest BCUT2D eigenvalue weighted by Crippen LogP contribution is 2.28. The highest BCUT2D eigenvalue weighted by atomic mass is 35.5. The number of carbonyl (C=O) groups is 1. The molecule has 10 nitrogen and oxygen atoms in total. The number of alkyl halides is 2. The SMILES string of the molecule is O=C(Cc1c(Cl)cnc(NCC(F)(F)c2cccc[n+]2[O-])c1F)NCc1ccccc1-n1cnnn1. The van der Waals surface area contributed by atoms with Crippen molar-refractivity contribution in [3.8, 4) is 5.69 Å². The van der Waals surface area contributed by atoms with E-state index in [-0.39, 0.29) is 21.9 Å². The number of anilines is 1. The van der Waals surface area contributed by atoms with Crippen LogP contribution in [0.3, 0.4) is 0 Å². The third-order valence-electron chi connectivity index (χ3n) is 5.15. The Morgan fingerprint density at radius 1 is 1.19 bits per heavy atom. The summed E-state index contributed by atoms with van der Waals surface area (Å²) in [6.45, 7) is -1.02. The lowest BCUT2D eigenvalue weighted by atomic mass is 10.1. The van der Waals surface area contributed by atoms with Crippen LogP contribution in [0, 0.1) is 11.0 Å². The number of hydrogen-bond acceptors (Lipinski definition) is 7. The van der Waals surface area contributed by atoms with E-state index in [0.29, 0.717) is 11.3 Å². The van der Waals surface area contributed by atoms with Gasteiger partial charge in [-0.1, -0.05) is 29.8 Å². The smallest absolute Gasteiger partial charge is 0.347 e. The molecule has 0 unspecified atom stereocenters. The fourth-order valence-corrected chi connectivity index (χ4v) is 3.56. The lowest BCUT2D eigenvalue weighted by molar-refractivity contribution is -0.624. The first-order chi connectivity index (χ1) is 17.3. The van der Waals surface area contributed by atoms with Crippen LogP contribution in [0.1, 0.15) is 16.8 Å². The minimum Gasteiger partial charge on any atom is -0.618 e. The molecule has 0 bridgehead atoms. The minimum atomic E-state index is -3.62. The van der Waals surface area contributed by atoms with Gasteiger partial charge in [0.05, 0.1) is 23.7 Å². The number of tetrazole rings is 1. The monoisotopic (exact) mass is 518 g/mol. The molecule has 0 aliphatic carbocycles. The summed E-state index contributed by atoms with van der Waals surface area (Å²) < 4.78 is 45.5. The third kappa shape index (κ3) is 5.51. The van der Waals surface area contributed by atoms with Gasteiger partial charge in [0.15, 0.2) is 17.8 Å². The van der Waals surface area contributed by atoms with Crippen LogP contribution in [-0.2, 0) is 23.7 Å². The van der Waals surface area contributed by atoms with Crippen molar-refractivity contribution in [2.24, 2.45) is 0 Å². The molecule has 1 amide bonds. The average Bonchev–Trinajstić information content (AvgIpc) is 3.40. The third-order valence-corrected chi connectivity index (χ3v) is 5.47. The number of aromatic nitrogens is 6. The molecule has 36 heavy (non-hydrogen) atoms. The Morgan fingerprint density at radius 3 is 2.72 bits per heavy atom. The first kappa shape index (κ1) is 24.9. The molecule has 0 spiro atoms. The standard InChI is InChI=1S/C22H18ClF3N8O2/c23-16-11-28-21(29-12-22(25,26)18-7-3-4-8-34(18)36)20(24)15(16)9-19(35)27-10-14-5-1-2-6-17(14)33-13-30-31-32-33/h1-8,11,13H,9-10,12H2,(H,27,35)(H,28,29). The molecule has 0 radical (unpaired) electrons. The molecule has 0 aliphatic heterocycles. The normalized spacial score (nSPS) is 11.3. The number of rotatable bonds is 9. The molecule has 0 aliphatic rings. The molecular weight excluding hydrogens is 501 g/mol. The molecular formula is C22H18ClF3N8O2. The highest BCUT2D eigenvalue weighted by molar-refractivity contribution is 6.31. The molecule has 14 heteroatoms. The van der Waals surface area contributed by atoms with Crippen molar-refractivity contribution in [2.75, 3.05) is 11.9 Å². The van der Waals surface area contributed by atoms with Crippen molar-refractivity contribution in [1.29, 1.82) is 0 Å². The Balaban J connectivity index is 1.44. The van der Waals surface area contributed by atoms with Gasteiger partial charge in [-0.05, 0) is 28.1 Å². The van der Waals surface area contributed by atoms with Crippen LogP contribution in [0.25, 0.3) is 5.69 Å². The Morgan fingerprint density at radius 2 is 1.97 bits per heavy atom. The van der Waals surface area contributed by atoms with Crippen LogP contribution in [0.5, 0.6) is 0 Å². The summed E-state index contributed by atoms with van der Waals surface area (Å²) in [4.78, 5) is 16.3. The molecule has 186 valence electrons. The highest BCUT2D eigenvalue weighted by Gasteiger charge is 2.39. The van der Waals surface area contributed by atoms with Gasteiger partial charge < -0.3 is 15.8 Å². The van der Waals surface area contributed by atoms with E-state index in [1.807, 2.05) is 0 Å². The maximum Gasteiger partial charge on any atom is 0.347 e. The Labute approximate surface area is 207 Å². The van der Waals surface area contributed by atoms with Crippen molar-refractivity contribution >= 4 is 23.3 Å². The van der Waals surface area contributed by atoms with Gasteiger partial charge in [0, 0.05) is 30.4 Å². The van der Waals surface area contributed by atoms with Crippen LogP contribution in [0.15, 0.2) is 61.2 Å². The first-order valence-electron chi connectivity index (χ1n) is 10.5. The lowest BCUT2D eigenvalue weighted by Gasteiger charge is -2.17. The van der Waals surface area contributed by atoms with Crippen molar-refractivity contribution < 1.29 is 22.7 Å². The average molecular weight is 519 g/mol. The zero-order valence-electron chi connectivity index (χ0n) is 18.4. The number of nitrogens with zero attached hydrogens (tertiary/aromatic N) is 6. The van der Waals surface area contributed by atoms with Gasteiger partial charge in [-0.15, -0.1) is 5.10 Å². The molecule has 3 aromatic heterocycles. The van der Waals surface area contributed by atoms with Gasteiger partial charge in [-0.25, -0.2) is 14.1 Å². The number of nitrogens with one attached hydrogen (secondary N) is 2. The predicted octanol–water partition coefficient (Wildman–Crippen LogP) is 2.55. The summed E-state index contributed by atoms with van der Waals surface area (Å²) in [6, 6.07) is 10.6. The van der Waals surface area contributed by atoms with Crippen molar-refractivity contribution in [2.45, 2.75) is 18.9 Å². The second kappa shape index (κ2) is 10.6. The maximum absolute atomic E-state index is 15.0. The van der Waals surface area contributed by atoms with Gasteiger partial charge in [0.25, 0.3) is 5.69 Å². The van der Waals surface area contributed by atoms with E-state index in [4.69, 9.17) is 11.6 Å². The van der Waals surface area contributed by atoms with E-state index >= 15 is 4.39 Å². The van der Waals surface area contributed by atoms with Crippen molar-refractivity contribution in [3.05, 3.63) is 94.1 Å². The lowest BCUT2D eigenvalue weighted by Crippen LogP contribution is -2.41. The molecule has 4 rings (SSSR count). The van der Waals surface area contributed by atoms with Crippen LogP contribution in [0.2, 0.25) is 5.02 Å². The second-order valence-corrected chi connectivity index (χ2v) is 7.96. The van der Waals surface area contributed by atoms with Gasteiger partial charge in [-0.3, -0.25) is 4.79 Å². The van der Waals surface area contributed by atoms with E-state index in [2.05, 4.69) is 31.1 Å². The summed E-state index contributed by atoms with van der Waals surface area (Å²) in [5.41, 5.74) is 0.303. The molecule has 0 saturated heterocycles. The number of carbonyl (C=O) groups excluding carboxylic acids is 1. The molecule has 3 heterocycles. The fraction of sp³-hybridized carbons (Fsp3) is 0.182. The zero-order valence-corrected chi connectivity index (χ0v) is 19.2. The van der Waals surface area contributed by atoms with Crippen LogP contribution >= 0.6 is 11.6 Å². The molecule has 2 N–H and O–H groups in total. The number of pyridine rings is 2. The summed E-state index contributed by atoms with van der Waals surface area (Å²) in [6.07, 6.45) is 2.92. The molecule has 0 fully saturated rings. The van der Waals surface area contributed by atoms with Crippen LogP contribution in [-0.4, -0.2) is 37.6 Å². The quantitative estimate of drug-likeness (QED) is 0.258. The molecule has 4 aromatic rings. The molecule has 0 saturated carbocycles. The van der Waals surface area contributed by atoms with Crippen LogP contribution in [0.4, 0.5) is 19.0 Å². The molecule has 1 aromatic carbocycles. The van der Waals surface area contributed by atoms with Crippen molar-refractivity contribution in [1.82, 2.24) is 30.5 Å². The Kier molecular flexibility index (Phi) is 7.29.